The third-order valence-electron chi connectivity index (χ3n) is 6.17. The highest BCUT2D eigenvalue weighted by Gasteiger charge is 2.33. The van der Waals surface area contributed by atoms with E-state index in [4.69, 9.17) is 16.3 Å². The SMILES string of the molecule is Cc1cc(OCC2c3ccsc3CCN2C(=O)CN(CC(C)C)C(=O)c2ccccc2)ccc1Cl. The van der Waals surface area contributed by atoms with Crippen molar-refractivity contribution in [1.82, 2.24) is 9.80 Å². The first-order chi connectivity index (χ1) is 16.8. The average molecular weight is 511 g/mol. The lowest BCUT2D eigenvalue weighted by atomic mass is 10.00. The number of nitrogens with zero attached hydrogens (tertiary/aromatic N) is 2. The number of ether oxygens (including phenoxy) is 1. The first-order valence-corrected chi connectivity index (χ1v) is 13.2. The molecule has 1 aliphatic rings. The van der Waals surface area contributed by atoms with E-state index in [1.807, 2.05) is 48.2 Å². The molecule has 35 heavy (non-hydrogen) atoms. The molecule has 2 heterocycles. The second-order valence-electron chi connectivity index (χ2n) is 9.32. The van der Waals surface area contributed by atoms with Crippen LogP contribution in [0.3, 0.4) is 0 Å². The lowest BCUT2D eigenvalue weighted by Gasteiger charge is -2.37. The van der Waals surface area contributed by atoms with Crippen LogP contribution in [0, 0.1) is 12.8 Å². The third-order valence-corrected chi connectivity index (χ3v) is 7.59. The van der Waals surface area contributed by atoms with E-state index >= 15 is 0 Å². The number of fused-ring (bicyclic) bond motifs is 1. The fraction of sp³-hybridized carbons (Fsp3) is 0.357. The van der Waals surface area contributed by atoms with Gasteiger partial charge in [0.05, 0.1) is 6.04 Å². The Morgan fingerprint density at radius 3 is 2.66 bits per heavy atom. The molecule has 2 amide bonds. The molecule has 4 rings (SSSR count). The molecule has 0 spiro atoms. The van der Waals surface area contributed by atoms with Gasteiger partial charge in [-0.15, -0.1) is 11.3 Å². The second kappa shape index (κ2) is 11.3. The maximum Gasteiger partial charge on any atom is 0.254 e. The number of benzene rings is 2. The number of hydrogen-bond donors (Lipinski definition) is 0. The third kappa shape index (κ3) is 6.06. The van der Waals surface area contributed by atoms with Crippen molar-refractivity contribution in [1.29, 1.82) is 0 Å². The highest BCUT2D eigenvalue weighted by molar-refractivity contribution is 7.10. The Hall–Kier alpha value is -2.83. The van der Waals surface area contributed by atoms with Gasteiger partial charge in [-0.2, -0.15) is 0 Å². The molecule has 0 N–H and O–H groups in total. The quantitative estimate of drug-likeness (QED) is 0.372. The van der Waals surface area contributed by atoms with Gasteiger partial charge in [0.15, 0.2) is 0 Å². The topological polar surface area (TPSA) is 49.9 Å². The molecule has 2 aromatic carbocycles. The molecule has 0 bridgehead atoms. The number of halogens is 1. The van der Waals surface area contributed by atoms with E-state index in [0.717, 1.165) is 23.3 Å². The van der Waals surface area contributed by atoms with E-state index in [9.17, 15) is 9.59 Å². The van der Waals surface area contributed by atoms with Crippen LogP contribution in [-0.4, -0.2) is 47.9 Å². The number of amides is 2. The van der Waals surface area contributed by atoms with Crippen molar-refractivity contribution in [3.63, 3.8) is 0 Å². The summed E-state index contributed by atoms with van der Waals surface area (Å²) in [4.78, 5) is 31.7. The summed E-state index contributed by atoms with van der Waals surface area (Å²) >= 11 is 7.88. The van der Waals surface area contributed by atoms with Crippen molar-refractivity contribution in [3.05, 3.63) is 86.6 Å². The minimum atomic E-state index is -0.207. The molecule has 0 fully saturated rings. The molecule has 1 unspecified atom stereocenters. The zero-order valence-electron chi connectivity index (χ0n) is 20.4. The Balaban J connectivity index is 1.53. The van der Waals surface area contributed by atoms with Gasteiger partial charge in [-0.3, -0.25) is 9.59 Å². The molecule has 1 atom stereocenters. The summed E-state index contributed by atoms with van der Waals surface area (Å²) in [5.41, 5.74) is 2.67. The Labute approximate surface area is 216 Å². The second-order valence-corrected chi connectivity index (χ2v) is 10.7. The normalized spacial score (nSPS) is 15.1. The standard InChI is InChI=1S/C28H31ClN2O3S/c1-19(2)16-30(28(33)21-7-5-4-6-8-21)17-27(32)31-13-11-26-23(12-14-35-26)25(31)18-34-22-9-10-24(29)20(3)15-22/h4-10,12,14-15,19,25H,11,13,16-18H2,1-3H3. The monoisotopic (exact) mass is 510 g/mol. The number of thiophene rings is 1. The lowest BCUT2D eigenvalue weighted by molar-refractivity contribution is -0.135. The average Bonchev–Trinajstić information content (AvgIpc) is 3.33. The first kappa shape index (κ1) is 25.3. The van der Waals surface area contributed by atoms with Crippen LogP contribution >= 0.6 is 22.9 Å². The summed E-state index contributed by atoms with van der Waals surface area (Å²) in [5, 5.41) is 2.77. The molecule has 7 heteroatoms. The minimum Gasteiger partial charge on any atom is -0.491 e. The smallest absolute Gasteiger partial charge is 0.254 e. The summed E-state index contributed by atoms with van der Waals surface area (Å²) in [6, 6.07) is 16.6. The van der Waals surface area contributed by atoms with E-state index in [-0.39, 0.29) is 30.3 Å². The Morgan fingerprint density at radius 2 is 1.94 bits per heavy atom. The number of carbonyl (C=O) groups is 2. The van der Waals surface area contributed by atoms with E-state index in [1.54, 1.807) is 28.4 Å². The van der Waals surface area contributed by atoms with Crippen LogP contribution in [0.5, 0.6) is 5.75 Å². The van der Waals surface area contributed by atoms with Crippen LogP contribution < -0.4 is 4.74 Å². The van der Waals surface area contributed by atoms with Crippen molar-refractivity contribution < 1.29 is 14.3 Å². The van der Waals surface area contributed by atoms with Crippen molar-refractivity contribution in [3.8, 4) is 5.75 Å². The predicted molar refractivity (Wildman–Crippen MR) is 141 cm³/mol. The van der Waals surface area contributed by atoms with Gasteiger partial charge in [0.25, 0.3) is 5.91 Å². The number of carbonyl (C=O) groups excluding carboxylic acids is 2. The lowest BCUT2D eigenvalue weighted by Crippen LogP contribution is -2.48. The molecular formula is C28H31ClN2O3S. The van der Waals surface area contributed by atoms with Gasteiger partial charge < -0.3 is 14.5 Å². The zero-order valence-corrected chi connectivity index (χ0v) is 21.9. The zero-order chi connectivity index (χ0) is 24.9. The highest BCUT2D eigenvalue weighted by atomic mass is 35.5. The van der Waals surface area contributed by atoms with E-state index in [2.05, 4.69) is 25.3 Å². The maximum absolute atomic E-state index is 13.6. The van der Waals surface area contributed by atoms with E-state index in [0.29, 0.717) is 30.3 Å². The molecule has 3 aromatic rings. The van der Waals surface area contributed by atoms with Gasteiger partial charge in [0.2, 0.25) is 5.91 Å². The van der Waals surface area contributed by atoms with Crippen LogP contribution in [-0.2, 0) is 11.2 Å². The van der Waals surface area contributed by atoms with Crippen LogP contribution in [0.15, 0.2) is 60.0 Å². The first-order valence-electron chi connectivity index (χ1n) is 11.9. The summed E-state index contributed by atoms with van der Waals surface area (Å²) < 4.78 is 6.15. The molecular weight excluding hydrogens is 480 g/mol. The van der Waals surface area contributed by atoms with Crippen molar-refractivity contribution >= 4 is 34.8 Å². The molecule has 184 valence electrons. The Morgan fingerprint density at radius 1 is 1.17 bits per heavy atom. The minimum absolute atomic E-state index is 0.0436. The molecule has 0 radical (unpaired) electrons. The summed E-state index contributed by atoms with van der Waals surface area (Å²) in [6.07, 6.45) is 0.812. The fourth-order valence-electron chi connectivity index (χ4n) is 4.43. The van der Waals surface area contributed by atoms with E-state index in [1.165, 1.54) is 4.88 Å². The molecule has 5 nitrogen and oxygen atoms in total. The molecule has 1 aromatic heterocycles. The number of hydrogen-bond acceptors (Lipinski definition) is 4. The maximum atomic E-state index is 13.6. The summed E-state index contributed by atoms with van der Waals surface area (Å²) in [5.74, 6) is 0.785. The Kier molecular flexibility index (Phi) is 8.14. The van der Waals surface area contributed by atoms with Crippen molar-refractivity contribution in [2.75, 3.05) is 26.2 Å². The molecule has 0 aliphatic carbocycles. The Bertz CT molecular complexity index is 1180. The highest BCUT2D eigenvalue weighted by Crippen LogP contribution is 2.34. The molecule has 0 saturated carbocycles. The van der Waals surface area contributed by atoms with Crippen molar-refractivity contribution in [2.45, 2.75) is 33.2 Å². The number of rotatable bonds is 8. The number of aryl methyl sites for hydroxylation is 1. The predicted octanol–water partition coefficient (Wildman–Crippen LogP) is 6.01. The van der Waals surface area contributed by atoms with E-state index < -0.39 is 0 Å². The molecule has 0 saturated heterocycles. The summed E-state index contributed by atoms with van der Waals surface area (Å²) in [6.45, 7) is 7.56. The van der Waals surface area contributed by atoms with Crippen LogP contribution in [0.25, 0.3) is 0 Å². The largest absolute Gasteiger partial charge is 0.491 e. The van der Waals surface area contributed by atoms with Crippen LogP contribution in [0.1, 0.15) is 46.3 Å². The molecule has 1 aliphatic heterocycles. The summed E-state index contributed by atoms with van der Waals surface area (Å²) in [7, 11) is 0. The van der Waals surface area contributed by atoms with Crippen molar-refractivity contribution in [2.24, 2.45) is 5.92 Å². The van der Waals surface area contributed by atoms with Gasteiger partial charge in [-0.25, -0.2) is 0 Å². The van der Waals surface area contributed by atoms with Gasteiger partial charge >= 0.3 is 0 Å². The van der Waals surface area contributed by atoms with Crippen LogP contribution in [0.4, 0.5) is 0 Å². The van der Waals surface area contributed by atoms with Gasteiger partial charge in [-0.1, -0.05) is 43.6 Å². The van der Waals surface area contributed by atoms with Gasteiger partial charge in [0.1, 0.15) is 18.9 Å². The van der Waals surface area contributed by atoms with Gasteiger partial charge in [-0.05, 0) is 72.2 Å². The fourth-order valence-corrected chi connectivity index (χ4v) is 5.48. The van der Waals surface area contributed by atoms with Crippen LogP contribution in [0.2, 0.25) is 5.02 Å². The van der Waals surface area contributed by atoms with Gasteiger partial charge in [0, 0.05) is 28.6 Å².